The van der Waals surface area contributed by atoms with E-state index in [9.17, 15) is 4.79 Å². The van der Waals surface area contributed by atoms with Crippen LogP contribution in [-0.2, 0) is 22.7 Å². The Morgan fingerprint density at radius 1 is 1.33 bits per heavy atom. The average molecular weight is 332 g/mol. The average Bonchev–Trinajstić information content (AvgIpc) is 2.87. The molecule has 132 valence electrons. The molecule has 0 spiro atoms. The maximum absolute atomic E-state index is 11.9. The fourth-order valence-corrected chi connectivity index (χ4v) is 4.02. The van der Waals surface area contributed by atoms with E-state index in [1.807, 2.05) is 24.9 Å². The first kappa shape index (κ1) is 17.2. The summed E-state index contributed by atoms with van der Waals surface area (Å²) in [5, 5.41) is 0. The molecule has 0 aliphatic carbocycles. The van der Waals surface area contributed by atoms with Crippen molar-refractivity contribution in [2.24, 2.45) is 5.92 Å². The summed E-state index contributed by atoms with van der Waals surface area (Å²) in [5.41, 5.74) is 2.38. The summed E-state index contributed by atoms with van der Waals surface area (Å²) in [6, 6.07) is 6.79. The summed E-state index contributed by atoms with van der Waals surface area (Å²) >= 11 is 0. The van der Waals surface area contributed by atoms with Gasteiger partial charge in [-0.3, -0.25) is 9.69 Å². The number of benzene rings is 1. The van der Waals surface area contributed by atoms with E-state index in [4.69, 9.17) is 9.47 Å². The van der Waals surface area contributed by atoms with E-state index in [1.165, 1.54) is 5.56 Å². The molecule has 5 heteroatoms. The lowest BCUT2D eigenvalue weighted by molar-refractivity contribution is -0.127. The minimum atomic E-state index is 0.301. The highest BCUT2D eigenvalue weighted by molar-refractivity contribution is 5.79. The van der Waals surface area contributed by atoms with E-state index < -0.39 is 0 Å². The molecule has 0 aromatic heterocycles. The molecule has 3 rings (SSSR count). The predicted molar refractivity (Wildman–Crippen MR) is 92.9 cm³/mol. The van der Waals surface area contributed by atoms with Crippen molar-refractivity contribution in [2.45, 2.75) is 39.0 Å². The number of nitrogens with zero attached hydrogens (tertiary/aromatic N) is 2. The SMILES string of the molecule is CCOCc1cc(CN2CC[C@H]3[C@H](CC(=O)N3C)C2)ccc1OC. The van der Waals surface area contributed by atoms with Gasteiger partial charge in [-0.2, -0.15) is 0 Å². The quantitative estimate of drug-likeness (QED) is 0.801. The predicted octanol–water partition coefficient (Wildman–Crippen LogP) is 2.28. The second kappa shape index (κ2) is 7.53. The van der Waals surface area contributed by atoms with Gasteiger partial charge in [0.15, 0.2) is 0 Å². The first-order chi connectivity index (χ1) is 11.6. The van der Waals surface area contributed by atoms with E-state index in [0.29, 0.717) is 37.5 Å². The van der Waals surface area contributed by atoms with Gasteiger partial charge in [0.1, 0.15) is 5.75 Å². The molecule has 1 aromatic carbocycles. The van der Waals surface area contributed by atoms with Gasteiger partial charge in [0.05, 0.1) is 13.7 Å². The molecule has 2 fully saturated rings. The van der Waals surface area contributed by atoms with Gasteiger partial charge in [-0.05, 0) is 31.0 Å². The highest BCUT2D eigenvalue weighted by atomic mass is 16.5. The van der Waals surface area contributed by atoms with Crippen LogP contribution in [0.25, 0.3) is 0 Å². The van der Waals surface area contributed by atoms with Crippen LogP contribution in [0.15, 0.2) is 18.2 Å². The molecule has 0 unspecified atom stereocenters. The number of piperidine rings is 1. The number of fused-ring (bicyclic) bond motifs is 1. The summed E-state index contributed by atoms with van der Waals surface area (Å²) in [7, 11) is 3.65. The summed E-state index contributed by atoms with van der Waals surface area (Å²) < 4.78 is 11.0. The largest absolute Gasteiger partial charge is 0.496 e. The molecule has 1 aromatic rings. The minimum Gasteiger partial charge on any atom is -0.496 e. The molecular weight excluding hydrogens is 304 g/mol. The molecular formula is C19H28N2O3. The third-order valence-electron chi connectivity index (χ3n) is 5.32. The fraction of sp³-hybridized carbons (Fsp3) is 0.632. The standard InChI is InChI=1S/C19H28N2O3/c1-4-24-13-16-9-14(5-6-18(16)23-3)11-21-8-7-17-15(12-21)10-19(22)20(17)2/h5-6,9,15,17H,4,7-8,10-13H2,1-3H3/t15-,17+/m1/s1. The molecule has 2 aliphatic heterocycles. The van der Waals surface area contributed by atoms with Crippen molar-refractivity contribution >= 4 is 5.91 Å². The van der Waals surface area contributed by atoms with Crippen LogP contribution >= 0.6 is 0 Å². The molecule has 0 saturated carbocycles. The van der Waals surface area contributed by atoms with E-state index >= 15 is 0 Å². The van der Waals surface area contributed by atoms with Crippen LogP contribution in [-0.4, -0.2) is 55.6 Å². The molecule has 2 saturated heterocycles. The Labute approximate surface area is 144 Å². The third-order valence-corrected chi connectivity index (χ3v) is 5.32. The number of methoxy groups -OCH3 is 1. The van der Waals surface area contributed by atoms with Crippen molar-refractivity contribution in [2.75, 3.05) is 33.9 Å². The first-order valence-corrected chi connectivity index (χ1v) is 8.84. The summed E-state index contributed by atoms with van der Waals surface area (Å²) in [6.07, 6.45) is 1.78. The Morgan fingerprint density at radius 3 is 2.92 bits per heavy atom. The van der Waals surface area contributed by atoms with Crippen LogP contribution < -0.4 is 4.74 Å². The monoisotopic (exact) mass is 332 g/mol. The van der Waals surface area contributed by atoms with Gasteiger partial charge in [-0.1, -0.05) is 6.07 Å². The second-order valence-electron chi connectivity index (χ2n) is 6.84. The topological polar surface area (TPSA) is 42.0 Å². The number of amides is 1. The van der Waals surface area contributed by atoms with Crippen molar-refractivity contribution in [3.8, 4) is 5.75 Å². The Balaban J connectivity index is 1.65. The van der Waals surface area contributed by atoms with Crippen molar-refractivity contribution < 1.29 is 14.3 Å². The van der Waals surface area contributed by atoms with E-state index in [1.54, 1.807) is 7.11 Å². The van der Waals surface area contributed by atoms with Gasteiger partial charge in [0.2, 0.25) is 5.91 Å². The fourth-order valence-electron chi connectivity index (χ4n) is 4.02. The summed E-state index contributed by atoms with van der Waals surface area (Å²) in [6.45, 7) is 6.26. The number of hydrogen-bond acceptors (Lipinski definition) is 4. The maximum Gasteiger partial charge on any atom is 0.222 e. The van der Waals surface area contributed by atoms with Gasteiger partial charge >= 0.3 is 0 Å². The molecule has 1 amide bonds. The number of rotatable bonds is 6. The van der Waals surface area contributed by atoms with E-state index in [2.05, 4.69) is 17.0 Å². The zero-order valence-electron chi connectivity index (χ0n) is 15.0. The molecule has 24 heavy (non-hydrogen) atoms. The number of ether oxygens (including phenoxy) is 2. The normalized spacial score (nSPS) is 24.3. The van der Waals surface area contributed by atoms with Gasteiger partial charge < -0.3 is 14.4 Å². The van der Waals surface area contributed by atoms with Crippen molar-refractivity contribution in [1.29, 1.82) is 0 Å². The number of carbonyl (C=O) groups excluding carboxylic acids is 1. The van der Waals surface area contributed by atoms with Crippen LogP contribution in [0, 0.1) is 5.92 Å². The van der Waals surface area contributed by atoms with Crippen LogP contribution in [0.4, 0.5) is 0 Å². The van der Waals surface area contributed by atoms with E-state index in [-0.39, 0.29) is 0 Å². The highest BCUT2D eigenvalue weighted by Crippen LogP contribution is 2.32. The first-order valence-electron chi connectivity index (χ1n) is 8.84. The lowest BCUT2D eigenvalue weighted by Gasteiger charge is -2.36. The highest BCUT2D eigenvalue weighted by Gasteiger charge is 2.40. The van der Waals surface area contributed by atoms with Gasteiger partial charge in [0, 0.05) is 57.2 Å². The number of likely N-dealkylation sites (tertiary alicyclic amines) is 2. The molecule has 0 N–H and O–H groups in total. The zero-order valence-corrected chi connectivity index (χ0v) is 15.0. The third kappa shape index (κ3) is 3.57. The Morgan fingerprint density at radius 2 is 2.17 bits per heavy atom. The van der Waals surface area contributed by atoms with Gasteiger partial charge in [0.25, 0.3) is 0 Å². The summed E-state index contributed by atoms with van der Waals surface area (Å²) in [4.78, 5) is 16.3. The molecule has 2 heterocycles. The smallest absolute Gasteiger partial charge is 0.222 e. The van der Waals surface area contributed by atoms with Gasteiger partial charge in [-0.25, -0.2) is 0 Å². The van der Waals surface area contributed by atoms with Crippen LogP contribution in [0.1, 0.15) is 30.9 Å². The van der Waals surface area contributed by atoms with Crippen molar-refractivity contribution in [3.63, 3.8) is 0 Å². The summed E-state index contributed by atoms with van der Waals surface area (Å²) in [5.74, 6) is 1.67. The van der Waals surface area contributed by atoms with Crippen LogP contribution in [0.5, 0.6) is 5.75 Å². The van der Waals surface area contributed by atoms with Crippen molar-refractivity contribution in [1.82, 2.24) is 9.80 Å². The van der Waals surface area contributed by atoms with Crippen LogP contribution in [0.2, 0.25) is 0 Å². The maximum atomic E-state index is 11.9. The number of carbonyl (C=O) groups is 1. The van der Waals surface area contributed by atoms with Crippen LogP contribution in [0.3, 0.4) is 0 Å². The molecule has 5 nitrogen and oxygen atoms in total. The van der Waals surface area contributed by atoms with Gasteiger partial charge in [-0.15, -0.1) is 0 Å². The molecule has 2 aliphatic rings. The van der Waals surface area contributed by atoms with Crippen molar-refractivity contribution in [3.05, 3.63) is 29.3 Å². The Hall–Kier alpha value is -1.59. The number of hydrogen-bond donors (Lipinski definition) is 0. The van der Waals surface area contributed by atoms with E-state index in [0.717, 1.165) is 37.4 Å². The zero-order chi connectivity index (χ0) is 17.1. The lowest BCUT2D eigenvalue weighted by Crippen LogP contribution is -2.44. The molecule has 0 radical (unpaired) electrons. The Kier molecular flexibility index (Phi) is 5.41. The second-order valence-corrected chi connectivity index (χ2v) is 6.84. The molecule has 0 bridgehead atoms. The Bertz CT molecular complexity index is 590. The lowest BCUT2D eigenvalue weighted by atomic mass is 9.92. The molecule has 2 atom stereocenters. The minimum absolute atomic E-state index is 0.301.